The number of carbonyl (C=O) groups is 1. The molecule has 0 aliphatic heterocycles. The Morgan fingerprint density at radius 1 is 0.958 bits per heavy atom. The minimum Gasteiger partial charge on any atom is -0.461 e. The fourth-order valence-corrected chi connectivity index (χ4v) is 2.61. The molecule has 3 nitrogen and oxygen atoms in total. The molecule has 3 rings (SSSR count). The number of anilines is 1. The van der Waals surface area contributed by atoms with E-state index < -0.39 is 0 Å². The highest BCUT2D eigenvalue weighted by atomic mass is 35.5. The predicted molar refractivity (Wildman–Crippen MR) is 97.8 cm³/mol. The van der Waals surface area contributed by atoms with E-state index in [0.717, 1.165) is 16.8 Å². The Bertz CT molecular complexity index is 895. The Balaban J connectivity index is 1.85. The molecule has 0 fully saturated rings. The normalized spacial score (nSPS) is 10.7. The van der Waals surface area contributed by atoms with Crippen LogP contribution in [0.3, 0.4) is 0 Å². The monoisotopic (exact) mass is 339 g/mol. The average Bonchev–Trinajstić information content (AvgIpc) is 2.93. The third-order valence-electron chi connectivity index (χ3n) is 4.06. The maximum Gasteiger partial charge on any atom is 0.259 e. The number of hydrogen-bond acceptors (Lipinski definition) is 2. The van der Waals surface area contributed by atoms with Crippen LogP contribution >= 0.6 is 11.6 Å². The Labute approximate surface area is 146 Å². The van der Waals surface area contributed by atoms with E-state index in [2.05, 4.69) is 5.32 Å². The van der Waals surface area contributed by atoms with Crippen molar-refractivity contribution >= 4 is 23.2 Å². The van der Waals surface area contributed by atoms with Crippen molar-refractivity contribution < 1.29 is 9.21 Å². The van der Waals surface area contributed by atoms with E-state index in [1.165, 1.54) is 5.56 Å². The van der Waals surface area contributed by atoms with Crippen LogP contribution in [0.15, 0.2) is 52.9 Å². The third kappa shape index (κ3) is 3.36. The molecule has 0 bridgehead atoms. The molecular formula is C20H18ClNO2. The van der Waals surface area contributed by atoms with E-state index in [-0.39, 0.29) is 5.91 Å². The Kier molecular flexibility index (Phi) is 4.45. The number of nitrogens with one attached hydrogen (secondary N) is 1. The standard InChI is InChI=1S/C20H18ClNO2/c1-12-4-9-17(10-13(12)2)22-20(23)18-11-19(24-14(18)3)15-5-7-16(21)8-6-15/h4-11H,1-3H3,(H,22,23). The van der Waals surface area contributed by atoms with Crippen LogP contribution in [-0.2, 0) is 0 Å². The van der Waals surface area contributed by atoms with Crippen LogP contribution in [0.25, 0.3) is 11.3 Å². The molecule has 1 heterocycles. The molecule has 24 heavy (non-hydrogen) atoms. The number of carbonyl (C=O) groups excluding carboxylic acids is 1. The number of aryl methyl sites for hydroxylation is 3. The second-order valence-corrected chi connectivity index (χ2v) is 6.28. The smallest absolute Gasteiger partial charge is 0.259 e. The molecule has 1 amide bonds. The topological polar surface area (TPSA) is 42.2 Å². The van der Waals surface area contributed by atoms with Gasteiger partial charge in [0.1, 0.15) is 11.5 Å². The van der Waals surface area contributed by atoms with Crippen molar-refractivity contribution in [2.75, 3.05) is 5.32 Å². The first-order valence-corrected chi connectivity index (χ1v) is 8.07. The van der Waals surface area contributed by atoms with Gasteiger partial charge in [0.2, 0.25) is 0 Å². The van der Waals surface area contributed by atoms with Gasteiger partial charge in [0.05, 0.1) is 5.56 Å². The molecule has 122 valence electrons. The lowest BCUT2D eigenvalue weighted by molar-refractivity contribution is 0.102. The van der Waals surface area contributed by atoms with Crippen LogP contribution in [0, 0.1) is 20.8 Å². The second-order valence-electron chi connectivity index (χ2n) is 5.84. The minimum atomic E-state index is -0.181. The van der Waals surface area contributed by atoms with Gasteiger partial charge in [0.25, 0.3) is 5.91 Å². The van der Waals surface area contributed by atoms with Crippen molar-refractivity contribution in [3.8, 4) is 11.3 Å². The van der Waals surface area contributed by atoms with Crippen molar-refractivity contribution in [2.24, 2.45) is 0 Å². The van der Waals surface area contributed by atoms with Crippen molar-refractivity contribution in [2.45, 2.75) is 20.8 Å². The lowest BCUT2D eigenvalue weighted by atomic mass is 10.1. The summed E-state index contributed by atoms with van der Waals surface area (Å²) in [5, 5.41) is 3.58. The molecule has 0 aliphatic carbocycles. The Morgan fingerprint density at radius 3 is 2.33 bits per heavy atom. The summed E-state index contributed by atoms with van der Waals surface area (Å²) < 4.78 is 5.74. The van der Waals surface area contributed by atoms with Gasteiger partial charge in [-0.05, 0) is 74.4 Å². The maximum absolute atomic E-state index is 12.5. The van der Waals surface area contributed by atoms with Crippen molar-refractivity contribution in [3.05, 3.63) is 76.0 Å². The van der Waals surface area contributed by atoms with Crippen LogP contribution in [0.5, 0.6) is 0 Å². The molecule has 0 atom stereocenters. The van der Waals surface area contributed by atoms with Gasteiger partial charge in [-0.15, -0.1) is 0 Å². The van der Waals surface area contributed by atoms with E-state index in [0.29, 0.717) is 22.1 Å². The van der Waals surface area contributed by atoms with Crippen LogP contribution in [-0.4, -0.2) is 5.91 Å². The fourth-order valence-electron chi connectivity index (χ4n) is 2.48. The number of benzene rings is 2. The summed E-state index contributed by atoms with van der Waals surface area (Å²) in [5.74, 6) is 1.05. The summed E-state index contributed by atoms with van der Waals surface area (Å²) in [6.07, 6.45) is 0. The first kappa shape index (κ1) is 16.3. The number of rotatable bonds is 3. The molecule has 0 spiro atoms. The van der Waals surface area contributed by atoms with Gasteiger partial charge in [0, 0.05) is 16.3 Å². The van der Waals surface area contributed by atoms with Crippen LogP contribution in [0.2, 0.25) is 5.02 Å². The molecule has 4 heteroatoms. The van der Waals surface area contributed by atoms with Gasteiger partial charge < -0.3 is 9.73 Å². The van der Waals surface area contributed by atoms with Crippen LogP contribution in [0.1, 0.15) is 27.2 Å². The second kappa shape index (κ2) is 6.54. The van der Waals surface area contributed by atoms with Gasteiger partial charge >= 0.3 is 0 Å². The fraction of sp³-hybridized carbons (Fsp3) is 0.150. The number of furan rings is 1. The van der Waals surface area contributed by atoms with Gasteiger partial charge in [-0.3, -0.25) is 4.79 Å². The van der Waals surface area contributed by atoms with Gasteiger partial charge in [0.15, 0.2) is 0 Å². The predicted octanol–water partition coefficient (Wildman–Crippen LogP) is 5.78. The molecular weight excluding hydrogens is 322 g/mol. The largest absolute Gasteiger partial charge is 0.461 e. The highest BCUT2D eigenvalue weighted by Gasteiger charge is 2.16. The zero-order valence-electron chi connectivity index (χ0n) is 13.8. The molecule has 3 aromatic rings. The van der Waals surface area contributed by atoms with E-state index in [4.69, 9.17) is 16.0 Å². The number of amides is 1. The summed E-state index contributed by atoms with van der Waals surface area (Å²) in [6.45, 7) is 5.85. The van der Waals surface area contributed by atoms with Gasteiger partial charge in [-0.25, -0.2) is 0 Å². The van der Waals surface area contributed by atoms with Crippen LogP contribution in [0.4, 0.5) is 5.69 Å². The summed E-state index contributed by atoms with van der Waals surface area (Å²) in [4.78, 5) is 12.5. The van der Waals surface area contributed by atoms with E-state index in [9.17, 15) is 4.79 Å². The molecule has 2 aromatic carbocycles. The number of hydrogen-bond donors (Lipinski definition) is 1. The Hall–Kier alpha value is -2.52. The van der Waals surface area contributed by atoms with Gasteiger partial charge in [-0.1, -0.05) is 17.7 Å². The SMILES string of the molecule is Cc1ccc(NC(=O)c2cc(-c3ccc(Cl)cc3)oc2C)cc1C. The van der Waals surface area contributed by atoms with Gasteiger partial charge in [-0.2, -0.15) is 0 Å². The highest BCUT2D eigenvalue weighted by molar-refractivity contribution is 6.30. The molecule has 1 aromatic heterocycles. The lowest BCUT2D eigenvalue weighted by Crippen LogP contribution is -2.12. The quantitative estimate of drug-likeness (QED) is 0.657. The average molecular weight is 340 g/mol. The summed E-state index contributed by atoms with van der Waals surface area (Å²) in [7, 11) is 0. The van der Waals surface area contributed by atoms with Crippen molar-refractivity contribution in [3.63, 3.8) is 0 Å². The summed E-state index contributed by atoms with van der Waals surface area (Å²) in [6, 6.07) is 14.9. The molecule has 0 radical (unpaired) electrons. The van der Waals surface area contributed by atoms with Crippen molar-refractivity contribution in [1.29, 1.82) is 0 Å². The summed E-state index contributed by atoms with van der Waals surface area (Å²) >= 11 is 5.91. The first-order chi connectivity index (χ1) is 11.4. The third-order valence-corrected chi connectivity index (χ3v) is 4.31. The zero-order valence-corrected chi connectivity index (χ0v) is 14.6. The minimum absolute atomic E-state index is 0.181. The molecule has 0 unspecified atom stereocenters. The molecule has 0 aliphatic rings. The summed E-state index contributed by atoms with van der Waals surface area (Å²) in [5.41, 5.74) is 4.51. The van der Waals surface area contributed by atoms with E-state index in [1.54, 1.807) is 25.1 Å². The van der Waals surface area contributed by atoms with E-state index >= 15 is 0 Å². The van der Waals surface area contributed by atoms with E-state index in [1.807, 2.05) is 44.2 Å². The lowest BCUT2D eigenvalue weighted by Gasteiger charge is -2.07. The molecule has 1 N–H and O–H groups in total. The highest BCUT2D eigenvalue weighted by Crippen LogP contribution is 2.27. The zero-order chi connectivity index (χ0) is 17.3. The molecule has 0 saturated heterocycles. The number of halogens is 1. The first-order valence-electron chi connectivity index (χ1n) is 7.69. The molecule has 0 saturated carbocycles. The maximum atomic E-state index is 12.5. The van der Waals surface area contributed by atoms with Crippen molar-refractivity contribution in [1.82, 2.24) is 0 Å². The Morgan fingerprint density at radius 2 is 1.67 bits per heavy atom. The van der Waals surface area contributed by atoms with Crippen LogP contribution < -0.4 is 5.32 Å².